The zero-order valence-corrected chi connectivity index (χ0v) is 14.6. The van der Waals surface area contributed by atoms with Crippen molar-refractivity contribution in [2.75, 3.05) is 20.1 Å². The second-order valence-corrected chi connectivity index (χ2v) is 7.88. The topological polar surface area (TPSA) is 3.24 Å². The van der Waals surface area contributed by atoms with Crippen molar-refractivity contribution < 1.29 is 0 Å². The molecule has 2 atom stereocenters. The number of allylic oxidation sites excluding steroid dienone is 1. The summed E-state index contributed by atoms with van der Waals surface area (Å²) in [5, 5.41) is 0. The quantitative estimate of drug-likeness (QED) is 0.507. The number of hydrogen-bond donors (Lipinski definition) is 0. The number of rotatable bonds is 9. The van der Waals surface area contributed by atoms with E-state index in [9.17, 15) is 0 Å². The van der Waals surface area contributed by atoms with Crippen LogP contribution in [0.1, 0.15) is 67.2 Å². The van der Waals surface area contributed by atoms with Crippen molar-refractivity contribution in [1.29, 1.82) is 0 Å². The third kappa shape index (κ3) is 7.77. The van der Waals surface area contributed by atoms with Gasteiger partial charge in [-0.2, -0.15) is 0 Å². The molecule has 114 valence electrons. The van der Waals surface area contributed by atoms with Crippen LogP contribution < -0.4 is 0 Å². The molecule has 0 aromatic carbocycles. The second kappa shape index (κ2) is 8.09. The predicted molar refractivity (Wildman–Crippen MR) is 88.6 cm³/mol. The fourth-order valence-corrected chi connectivity index (χ4v) is 3.00. The maximum absolute atomic E-state index is 3.96. The first kappa shape index (κ1) is 18.7. The van der Waals surface area contributed by atoms with Crippen molar-refractivity contribution in [3.05, 3.63) is 12.7 Å². The molecule has 0 fully saturated rings. The van der Waals surface area contributed by atoms with Crippen LogP contribution in [0.25, 0.3) is 0 Å². The van der Waals surface area contributed by atoms with Gasteiger partial charge in [0.15, 0.2) is 0 Å². The minimum Gasteiger partial charge on any atom is -0.306 e. The van der Waals surface area contributed by atoms with E-state index in [1.54, 1.807) is 0 Å². The van der Waals surface area contributed by atoms with Crippen LogP contribution in [-0.4, -0.2) is 25.0 Å². The Kier molecular flexibility index (Phi) is 7.96. The Morgan fingerprint density at radius 1 is 1.21 bits per heavy atom. The maximum atomic E-state index is 3.96. The molecular weight excluding hydrogens is 230 g/mol. The van der Waals surface area contributed by atoms with E-state index in [2.05, 4.69) is 66.1 Å². The third-order valence-corrected chi connectivity index (χ3v) is 4.33. The van der Waals surface area contributed by atoms with Crippen molar-refractivity contribution >= 4 is 0 Å². The molecule has 0 aliphatic carbocycles. The highest BCUT2D eigenvalue weighted by atomic mass is 15.1. The molecule has 1 nitrogen and oxygen atoms in total. The molecule has 0 saturated heterocycles. The zero-order chi connectivity index (χ0) is 15.1. The van der Waals surface area contributed by atoms with Crippen molar-refractivity contribution in [2.24, 2.45) is 16.7 Å². The Morgan fingerprint density at radius 3 is 2.21 bits per heavy atom. The summed E-state index contributed by atoms with van der Waals surface area (Å²) in [5.74, 6) is 0.776. The Balaban J connectivity index is 4.46. The van der Waals surface area contributed by atoms with Crippen molar-refractivity contribution in [3.63, 3.8) is 0 Å². The van der Waals surface area contributed by atoms with Crippen LogP contribution in [0.5, 0.6) is 0 Å². The first-order valence-electron chi connectivity index (χ1n) is 7.94. The van der Waals surface area contributed by atoms with Gasteiger partial charge in [-0.15, -0.1) is 6.58 Å². The summed E-state index contributed by atoms with van der Waals surface area (Å²) in [5.41, 5.74) is 0.794. The molecule has 0 spiro atoms. The van der Waals surface area contributed by atoms with E-state index in [1.165, 1.54) is 32.4 Å². The summed E-state index contributed by atoms with van der Waals surface area (Å²) in [6.07, 6.45) is 7.12. The van der Waals surface area contributed by atoms with Gasteiger partial charge in [0.25, 0.3) is 0 Å². The zero-order valence-electron chi connectivity index (χ0n) is 14.6. The highest BCUT2D eigenvalue weighted by molar-refractivity contribution is 4.87. The van der Waals surface area contributed by atoms with Crippen LogP contribution in [0.2, 0.25) is 0 Å². The minimum absolute atomic E-state index is 0.388. The van der Waals surface area contributed by atoms with Gasteiger partial charge in [-0.25, -0.2) is 0 Å². The van der Waals surface area contributed by atoms with Gasteiger partial charge >= 0.3 is 0 Å². The van der Waals surface area contributed by atoms with Gasteiger partial charge in [0.2, 0.25) is 0 Å². The molecule has 0 rings (SSSR count). The molecule has 19 heavy (non-hydrogen) atoms. The summed E-state index contributed by atoms with van der Waals surface area (Å²) in [7, 11) is 2.25. The van der Waals surface area contributed by atoms with E-state index in [0.717, 1.165) is 12.3 Å². The maximum Gasteiger partial charge on any atom is 0.00270 e. The number of hydrogen-bond acceptors (Lipinski definition) is 1. The summed E-state index contributed by atoms with van der Waals surface area (Å²) in [4.78, 5) is 2.49. The highest BCUT2D eigenvalue weighted by Gasteiger charge is 2.29. The molecule has 0 radical (unpaired) electrons. The molecule has 0 saturated carbocycles. The van der Waals surface area contributed by atoms with Gasteiger partial charge in [-0.3, -0.25) is 0 Å². The Bertz CT molecular complexity index is 251. The van der Waals surface area contributed by atoms with Crippen molar-refractivity contribution in [3.8, 4) is 0 Å². The SMILES string of the molecule is C=CC[C@@](C)(CCN(C)CC(C)(C)C)[C@@H](C)CCC. The molecule has 0 bridgehead atoms. The largest absolute Gasteiger partial charge is 0.306 e. The van der Waals surface area contributed by atoms with Gasteiger partial charge in [0.05, 0.1) is 0 Å². The standard InChI is InChI=1S/C18H37N/c1-9-11-16(3)18(7,12-10-2)13-14-19(8)15-17(4,5)6/h10,16H,2,9,11-15H2,1,3-8H3/t16-,18-/m0/s1. The average Bonchev–Trinajstić information content (AvgIpc) is 2.25. The molecule has 0 aromatic heterocycles. The third-order valence-electron chi connectivity index (χ3n) is 4.33. The van der Waals surface area contributed by atoms with E-state index >= 15 is 0 Å². The molecule has 0 aliphatic rings. The van der Waals surface area contributed by atoms with Crippen LogP contribution in [0, 0.1) is 16.7 Å². The molecule has 0 aliphatic heterocycles. The summed E-state index contributed by atoms with van der Waals surface area (Å²) in [6, 6.07) is 0. The Hall–Kier alpha value is -0.300. The summed E-state index contributed by atoms with van der Waals surface area (Å²) < 4.78 is 0. The highest BCUT2D eigenvalue weighted by Crippen LogP contribution is 2.38. The van der Waals surface area contributed by atoms with E-state index in [1.807, 2.05) is 0 Å². The smallest absolute Gasteiger partial charge is 0.00270 e. The first-order chi connectivity index (χ1) is 8.64. The molecule has 0 amide bonds. The Morgan fingerprint density at radius 2 is 1.79 bits per heavy atom. The summed E-state index contributed by atoms with van der Waals surface area (Å²) in [6.45, 7) is 20.4. The molecule has 0 heterocycles. The molecular formula is C18H37N. The van der Waals surface area contributed by atoms with Gasteiger partial charge in [-0.1, -0.05) is 60.5 Å². The van der Waals surface area contributed by atoms with Crippen LogP contribution in [0.4, 0.5) is 0 Å². The van der Waals surface area contributed by atoms with E-state index in [4.69, 9.17) is 0 Å². The van der Waals surface area contributed by atoms with Crippen molar-refractivity contribution in [1.82, 2.24) is 4.90 Å². The van der Waals surface area contributed by atoms with E-state index in [0.29, 0.717) is 10.8 Å². The van der Waals surface area contributed by atoms with E-state index in [-0.39, 0.29) is 0 Å². The fourth-order valence-electron chi connectivity index (χ4n) is 3.00. The fraction of sp³-hybridized carbons (Fsp3) is 0.889. The van der Waals surface area contributed by atoms with Gasteiger partial charge in [0, 0.05) is 6.54 Å². The Labute approximate surface area is 122 Å². The van der Waals surface area contributed by atoms with Gasteiger partial charge in [-0.05, 0) is 43.2 Å². The normalized spacial score (nSPS) is 17.3. The summed E-state index contributed by atoms with van der Waals surface area (Å²) >= 11 is 0. The molecule has 0 unspecified atom stereocenters. The number of nitrogens with zero attached hydrogens (tertiary/aromatic N) is 1. The minimum atomic E-state index is 0.388. The lowest BCUT2D eigenvalue weighted by Crippen LogP contribution is -2.34. The monoisotopic (exact) mass is 267 g/mol. The first-order valence-corrected chi connectivity index (χ1v) is 7.94. The van der Waals surface area contributed by atoms with Crippen molar-refractivity contribution in [2.45, 2.75) is 67.2 Å². The van der Waals surface area contributed by atoms with Gasteiger partial charge in [0.1, 0.15) is 0 Å². The predicted octanol–water partition coefficient (Wildman–Crippen LogP) is 5.37. The molecule has 0 aromatic rings. The van der Waals surface area contributed by atoms with Gasteiger partial charge < -0.3 is 4.90 Å². The lowest BCUT2D eigenvalue weighted by atomic mass is 9.71. The van der Waals surface area contributed by atoms with Crippen LogP contribution >= 0.6 is 0 Å². The van der Waals surface area contributed by atoms with Crippen LogP contribution in [-0.2, 0) is 0 Å². The lowest BCUT2D eigenvalue weighted by Gasteiger charge is -2.37. The van der Waals surface area contributed by atoms with E-state index < -0.39 is 0 Å². The molecule has 1 heteroatoms. The van der Waals surface area contributed by atoms with Crippen LogP contribution in [0.3, 0.4) is 0 Å². The molecule has 0 N–H and O–H groups in total. The van der Waals surface area contributed by atoms with Crippen LogP contribution in [0.15, 0.2) is 12.7 Å². The average molecular weight is 268 g/mol. The lowest BCUT2D eigenvalue weighted by molar-refractivity contribution is 0.135. The second-order valence-electron chi connectivity index (χ2n) is 7.88.